The summed E-state index contributed by atoms with van der Waals surface area (Å²) in [6.07, 6.45) is -35.0. The van der Waals surface area contributed by atoms with Crippen LogP contribution in [0.1, 0.15) is 88.1 Å². The summed E-state index contributed by atoms with van der Waals surface area (Å²) >= 11 is 0. The van der Waals surface area contributed by atoms with Crippen molar-refractivity contribution in [1.82, 2.24) is 0 Å². The zero-order valence-corrected chi connectivity index (χ0v) is 52.5. The van der Waals surface area contributed by atoms with Crippen LogP contribution in [-0.4, -0.2) is 197 Å². The van der Waals surface area contributed by atoms with Crippen molar-refractivity contribution in [2.45, 2.75) is 184 Å². The lowest BCUT2D eigenvalue weighted by Gasteiger charge is -2.52. The summed E-state index contributed by atoms with van der Waals surface area (Å²) < 4.78 is 125. The first-order valence-electron chi connectivity index (χ1n) is 30.5. The highest BCUT2D eigenvalue weighted by molar-refractivity contribution is 5.89. The standard InChI is InChI=1S/C66H72O29/c1-33(67)76-29-44-50(81-35(3)69)54(83-37(5)71)57(84-38(6)72)64(87-44)94-55-51(82-36(4)70)45(30-77-34(2)68)88-65(58(55)85-39(7)73)95-56-52-47(32-80-62(92-52)43-26-18-11-19-27-43)89-66(59(56)90-60(75)41-22-14-9-15-23-41)93-53-48(74)63(78-28-40-20-12-8-13-21-40)86-46-31-79-61(91-49(46)53)42-24-16-10-17-25-42/h8-27,44-47,49-59,61-66H,28-32H2,1-7H3/t44?,45?,46?,47?,49-,50-,51-,52-,53+,54-,55-,56-,57?,58?,59?,61?,62?,63+,64-,65-,66-/m0/s1. The van der Waals surface area contributed by atoms with Crippen LogP contribution in [0, 0.1) is 0 Å². The zero-order valence-electron chi connectivity index (χ0n) is 52.5. The number of carbonyl (C=O) groups is 9. The summed E-state index contributed by atoms with van der Waals surface area (Å²) in [5.74, 6) is -8.52. The second-order valence-electron chi connectivity index (χ2n) is 22.7. The third kappa shape index (κ3) is 17.7. The molecule has 510 valence electrons. The van der Waals surface area contributed by atoms with E-state index in [0.29, 0.717) is 16.7 Å². The molecule has 0 aromatic heterocycles. The SMILES string of the molecule is CC(=O)OCC1O[C@@H](O[C@@H]2C(OC(C)=O)[C@H](O[C@@H]3C(OC(=O)c4ccccc4)[C@H](O[C@@H]4C(=O)[C@H](OCc5ccccc5)OC5COC(c6ccccc6)O[C@@H]54)OC4COC(c5ccccc5)O[C@@H]43)OC(COC(C)=O)[C@@H]2OC(C)=O)C(OC(C)=O)[C@@H](OC(C)=O)[C@H]1OC(C)=O. The Bertz CT molecular complexity index is 3300. The molecule has 10 rings (SSSR count). The normalized spacial score (nSPS) is 32.7. The number of esters is 8. The third-order valence-electron chi connectivity index (χ3n) is 15.6. The Kier molecular flexibility index (Phi) is 23.5. The molecule has 0 amide bonds. The number of carbonyl (C=O) groups excluding carboxylic acids is 9. The largest absolute Gasteiger partial charge is 0.463 e. The Hall–Kier alpha value is -8.17. The average Bonchev–Trinajstić information content (AvgIpc) is 0.755. The van der Waals surface area contributed by atoms with Gasteiger partial charge in [-0.25, -0.2) is 4.79 Å². The summed E-state index contributed by atoms with van der Waals surface area (Å²) in [5.41, 5.74) is 1.79. The van der Waals surface area contributed by atoms with E-state index in [2.05, 4.69) is 0 Å². The Morgan fingerprint density at radius 2 is 0.811 bits per heavy atom. The van der Waals surface area contributed by atoms with Crippen molar-refractivity contribution in [3.05, 3.63) is 144 Å². The number of rotatable bonds is 22. The average molecular weight is 1330 g/mol. The van der Waals surface area contributed by atoms with Crippen LogP contribution in [0.5, 0.6) is 0 Å². The fraction of sp³-hybridized carbons (Fsp3) is 0.500. The maximum Gasteiger partial charge on any atom is 0.338 e. The number of Topliss-reactive ketones (excluding diaryl/α,β-unsaturated/α-hetero) is 1. The van der Waals surface area contributed by atoms with Crippen LogP contribution in [0.4, 0.5) is 0 Å². The second kappa shape index (κ2) is 32.0. The van der Waals surface area contributed by atoms with Gasteiger partial charge in [0.1, 0.15) is 62.0 Å². The molecule has 95 heavy (non-hydrogen) atoms. The minimum Gasteiger partial charge on any atom is -0.463 e. The number of hydrogen-bond donors (Lipinski definition) is 0. The van der Waals surface area contributed by atoms with E-state index < -0.39 is 196 Å². The van der Waals surface area contributed by atoms with Gasteiger partial charge in [-0.1, -0.05) is 109 Å². The van der Waals surface area contributed by atoms with Gasteiger partial charge < -0.3 is 94.7 Å². The van der Waals surface area contributed by atoms with Crippen molar-refractivity contribution in [3.63, 3.8) is 0 Å². The number of benzene rings is 4. The van der Waals surface area contributed by atoms with Crippen molar-refractivity contribution in [1.29, 1.82) is 0 Å². The van der Waals surface area contributed by atoms with Crippen molar-refractivity contribution in [3.8, 4) is 0 Å². The summed E-state index contributed by atoms with van der Waals surface area (Å²) in [5, 5.41) is 0. The van der Waals surface area contributed by atoms with Gasteiger partial charge in [-0.05, 0) is 17.7 Å². The molecule has 0 spiro atoms. The van der Waals surface area contributed by atoms with Crippen LogP contribution in [0.15, 0.2) is 121 Å². The van der Waals surface area contributed by atoms with Crippen molar-refractivity contribution in [2.24, 2.45) is 0 Å². The molecular formula is C66H72O29. The van der Waals surface area contributed by atoms with Gasteiger partial charge in [-0.15, -0.1) is 0 Å². The van der Waals surface area contributed by atoms with E-state index in [1.807, 2.05) is 6.07 Å². The highest BCUT2D eigenvalue weighted by Crippen LogP contribution is 2.43. The van der Waals surface area contributed by atoms with E-state index in [4.69, 9.17) is 94.7 Å². The summed E-state index contributed by atoms with van der Waals surface area (Å²) in [6, 6.07) is 34.2. The number of ether oxygens (including phenoxy) is 20. The molecule has 6 aliphatic heterocycles. The molecule has 0 N–H and O–H groups in total. The van der Waals surface area contributed by atoms with E-state index >= 15 is 4.79 Å². The number of ketones is 1. The first-order chi connectivity index (χ1) is 45.7. The molecule has 4 aromatic carbocycles. The van der Waals surface area contributed by atoms with Gasteiger partial charge in [0.15, 0.2) is 74.2 Å². The summed E-state index contributed by atoms with van der Waals surface area (Å²) in [6.45, 7) is 5.11. The predicted octanol–water partition coefficient (Wildman–Crippen LogP) is 4.07. The Labute approximate surface area is 544 Å². The van der Waals surface area contributed by atoms with Gasteiger partial charge in [-0.3, -0.25) is 38.4 Å². The lowest BCUT2D eigenvalue weighted by molar-refractivity contribution is -0.406. The quantitative estimate of drug-likeness (QED) is 0.0790. The van der Waals surface area contributed by atoms with Crippen LogP contribution in [0.3, 0.4) is 0 Å². The van der Waals surface area contributed by atoms with Crippen molar-refractivity contribution >= 4 is 53.5 Å². The van der Waals surface area contributed by atoms with E-state index in [1.54, 1.807) is 103 Å². The maximum atomic E-state index is 15.3. The molecule has 6 fully saturated rings. The third-order valence-corrected chi connectivity index (χ3v) is 15.6. The lowest BCUT2D eigenvalue weighted by atomic mass is 9.94. The molecule has 6 heterocycles. The first-order valence-corrected chi connectivity index (χ1v) is 30.5. The van der Waals surface area contributed by atoms with E-state index in [-0.39, 0.29) is 25.4 Å². The van der Waals surface area contributed by atoms with Crippen LogP contribution in [0.2, 0.25) is 0 Å². The van der Waals surface area contributed by atoms with E-state index in [0.717, 1.165) is 48.5 Å². The summed E-state index contributed by atoms with van der Waals surface area (Å²) in [7, 11) is 0. The minimum absolute atomic E-state index is 0.00731. The highest BCUT2D eigenvalue weighted by atomic mass is 16.8. The van der Waals surface area contributed by atoms with Gasteiger partial charge >= 0.3 is 47.8 Å². The van der Waals surface area contributed by atoms with Crippen LogP contribution < -0.4 is 0 Å². The molecule has 0 aliphatic carbocycles. The summed E-state index contributed by atoms with van der Waals surface area (Å²) in [4.78, 5) is 121. The van der Waals surface area contributed by atoms with E-state index in [1.165, 1.54) is 12.1 Å². The molecule has 29 nitrogen and oxygen atoms in total. The molecule has 29 heteroatoms. The molecule has 0 saturated carbocycles. The lowest BCUT2D eigenvalue weighted by Crippen LogP contribution is -2.70. The Balaban J connectivity index is 1.10. The van der Waals surface area contributed by atoms with Crippen molar-refractivity contribution < 1.29 is 138 Å². The maximum absolute atomic E-state index is 15.3. The minimum atomic E-state index is -2.10. The molecule has 6 saturated heterocycles. The Morgan fingerprint density at radius 3 is 1.32 bits per heavy atom. The smallest absolute Gasteiger partial charge is 0.338 e. The second-order valence-corrected chi connectivity index (χ2v) is 22.7. The van der Waals surface area contributed by atoms with Crippen LogP contribution in [0.25, 0.3) is 0 Å². The molecule has 0 radical (unpaired) electrons. The first kappa shape index (κ1) is 69.7. The zero-order chi connectivity index (χ0) is 67.4. The molecule has 21 atom stereocenters. The van der Waals surface area contributed by atoms with Gasteiger partial charge in [-0.2, -0.15) is 0 Å². The molecule has 4 aromatic rings. The van der Waals surface area contributed by atoms with Crippen molar-refractivity contribution in [2.75, 3.05) is 26.4 Å². The van der Waals surface area contributed by atoms with Gasteiger partial charge in [0.2, 0.25) is 12.1 Å². The topological polar surface area (TPSA) is 338 Å². The Morgan fingerprint density at radius 1 is 0.400 bits per heavy atom. The molecule has 6 aliphatic rings. The number of fused-ring (bicyclic) bond motifs is 2. The molecular weight excluding hydrogens is 1260 g/mol. The highest BCUT2D eigenvalue weighted by Gasteiger charge is 2.62. The van der Waals surface area contributed by atoms with Gasteiger partial charge in [0, 0.05) is 59.6 Å². The number of hydrogen-bond acceptors (Lipinski definition) is 29. The van der Waals surface area contributed by atoms with Crippen LogP contribution in [-0.2, 0) is 140 Å². The van der Waals surface area contributed by atoms with Crippen LogP contribution >= 0.6 is 0 Å². The fourth-order valence-corrected chi connectivity index (χ4v) is 11.6. The monoisotopic (exact) mass is 1330 g/mol. The van der Waals surface area contributed by atoms with Gasteiger partial charge in [0.05, 0.1) is 25.4 Å². The van der Waals surface area contributed by atoms with E-state index in [9.17, 15) is 38.4 Å². The predicted molar refractivity (Wildman–Crippen MR) is 312 cm³/mol. The molecule has 0 bridgehead atoms. The van der Waals surface area contributed by atoms with Gasteiger partial charge in [0.25, 0.3) is 0 Å². The molecule has 9 unspecified atom stereocenters. The fourth-order valence-electron chi connectivity index (χ4n) is 11.6.